The topological polar surface area (TPSA) is 12.0 Å². The first kappa shape index (κ1) is 12.9. The predicted molar refractivity (Wildman–Crippen MR) is 61.1 cm³/mol. The fourth-order valence-corrected chi connectivity index (χ4v) is 1.63. The highest BCUT2D eigenvalue weighted by Gasteiger charge is 2.30. The van der Waals surface area contributed by atoms with Crippen molar-refractivity contribution in [3.8, 4) is 12.3 Å². The summed E-state index contributed by atoms with van der Waals surface area (Å²) in [5, 5.41) is 2.83. The molecule has 0 saturated carbocycles. The Morgan fingerprint density at radius 2 is 2.00 bits per heavy atom. The van der Waals surface area contributed by atoms with Gasteiger partial charge in [0, 0.05) is 23.1 Å². The molecule has 0 amide bonds. The standard InChI is InChI=1S/C11H9BrF3N/c1-2-3-4-16-10-6-8(11(13,14)15)5-9(12)7-10/h1,5-7,16H,3-4H2. The van der Waals surface area contributed by atoms with Gasteiger partial charge in [0.1, 0.15) is 0 Å². The molecule has 0 aliphatic carbocycles. The van der Waals surface area contributed by atoms with Crippen molar-refractivity contribution in [2.75, 3.05) is 11.9 Å². The highest BCUT2D eigenvalue weighted by molar-refractivity contribution is 9.10. The van der Waals surface area contributed by atoms with Gasteiger partial charge >= 0.3 is 6.18 Å². The molecule has 0 unspecified atom stereocenters. The van der Waals surface area contributed by atoms with Gasteiger partial charge in [-0.25, -0.2) is 0 Å². The van der Waals surface area contributed by atoms with E-state index >= 15 is 0 Å². The Kier molecular flexibility index (Phi) is 4.25. The molecule has 0 fully saturated rings. The Morgan fingerprint density at radius 1 is 1.31 bits per heavy atom. The van der Waals surface area contributed by atoms with Gasteiger partial charge in [-0.05, 0) is 18.2 Å². The molecular formula is C11H9BrF3N. The molecule has 0 saturated heterocycles. The van der Waals surface area contributed by atoms with Gasteiger partial charge in [-0.1, -0.05) is 15.9 Å². The molecule has 16 heavy (non-hydrogen) atoms. The minimum atomic E-state index is -4.34. The maximum absolute atomic E-state index is 12.5. The number of hydrogen-bond acceptors (Lipinski definition) is 1. The largest absolute Gasteiger partial charge is 0.416 e. The van der Waals surface area contributed by atoms with E-state index in [2.05, 4.69) is 27.2 Å². The monoisotopic (exact) mass is 291 g/mol. The van der Waals surface area contributed by atoms with Crippen LogP contribution in [0, 0.1) is 12.3 Å². The fraction of sp³-hybridized carbons (Fsp3) is 0.273. The van der Waals surface area contributed by atoms with Crippen molar-refractivity contribution < 1.29 is 13.2 Å². The summed E-state index contributed by atoms with van der Waals surface area (Å²) in [6.45, 7) is 0.449. The SMILES string of the molecule is C#CCCNc1cc(Br)cc(C(F)(F)F)c1. The van der Waals surface area contributed by atoms with E-state index in [0.29, 0.717) is 23.1 Å². The molecule has 5 heteroatoms. The molecule has 0 aliphatic heterocycles. The summed E-state index contributed by atoms with van der Waals surface area (Å²) in [7, 11) is 0. The number of rotatable bonds is 3. The zero-order valence-electron chi connectivity index (χ0n) is 8.24. The molecule has 0 spiro atoms. The predicted octanol–water partition coefficient (Wildman–Crippen LogP) is 3.90. The summed E-state index contributed by atoms with van der Waals surface area (Å²) in [6, 6.07) is 3.67. The van der Waals surface area contributed by atoms with Crippen LogP contribution in [0.3, 0.4) is 0 Å². The van der Waals surface area contributed by atoms with Crippen molar-refractivity contribution in [1.82, 2.24) is 0 Å². The smallest absolute Gasteiger partial charge is 0.384 e. The zero-order chi connectivity index (χ0) is 12.2. The Hall–Kier alpha value is -1.15. The van der Waals surface area contributed by atoms with Gasteiger partial charge in [0.2, 0.25) is 0 Å². The first-order valence-corrected chi connectivity index (χ1v) is 5.28. The van der Waals surface area contributed by atoms with Crippen molar-refractivity contribution in [3.05, 3.63) is 28.2 Å². The molecule has 1 N–H and O–H groups in total. The van der Waals surface area contributed by atoms with Crippen LogP contribution in [0.1, 0.15) is 12.0 Å². The van der Waals surface area contributed by atoms with E-state index < -0.39 is 11.7 Å². The normalized spacial score (nSPS) is 10.9. The molecular weight excluding hydrogens is 283 g/mol. The number of anilines is 1. The van der Waals surface area contributed by atoms with Gasteiger partial charge in [0.15, 0.2) is 0 Å². The average Bonchev–Trinajstić information content (AvgIpc) is 2.16. The van der Waals surface area contributed by atoms with E-state index in [1.807, 2.05) is 0 Å². The minimum Gasteiger partial charge on any atom is -0.384 e. The lowest BCUT2D eigenvalue weighted by Gasteiger charge is -2.11. The maximum Gasteiger partial charge on any atom is 0.416 e. The Bertz CT molecular complexity index is 407. The minimum absolute atomic E-state index is 0.380. The zero-order valence-corrected chi connectivity index (χ0v) is 9.82. The van der Waals surface area contributed by atoms with Gasteiger partial charge in [0.05, 0.1) is 5.56 Å². The van der Waals surface area contributed by atoms with Crippen LogP contribution in [0.2, 0.25) is 0 Å². The van der Waals surface area contributed by atoms with Gasteiger partial charge in [-0.15, -0.1) is 12.3 Å². The van der Waals surface area contributed by atoms with E-state index in [1.165, 1.54) is 0 Å². The fourth-order valence-electron chi connectivity index (χ4n) is 1.13. The summed E-state index contributed by atoms with van der Waals surface area (Å²) in [5.74, 6) is 2.40. The van der Waals surface area contributed by atoms with Crippen molar-refractivity contribution in [2.45, 2.75) is 12.6 Å². The maximum atomic E-state index is 12.5. The summed E-state index contributed by atoms with van der Waals surface area (Å²) in [6.07, 6.45) is 1.17. The van der Waals surface area contributed by atoms with Crippen LogP contribution < -0.4 is 5.32 Å². The van der Waals surface area contributed by atoms with Gasteiger partial charge in [-0.3, -0.25) is 0 Å². The third-order valence-corrected chi connectivity index (χ3v) is 2.28. The van der Waals surface area contributed by atoms with E-state index in [-0.39, 0.29) is 0 Å². The molecule has 1 aromatic carbocycles. The van der Waals surface area contributed by atoms with Gasteiger partial charge in [0.25, 0.3) is 0 Å². The van der Waals surface area contributed by atoms with Gasteiger partial charge < -0.3 is 5.32 Å². The molecule has 86 valence electrons. The summed E-state index contributed by atoms with van der Waals surface area (Å²) < 4.78 is 37.7. The third kappa shape index (κ3) is 3.78. The van der Waals surface area contributed by atoms with Crippen molar-refractivity contribution in [2.24, 2.45) is 0 Å². The molecule has 0 bridgehead atoms. The molecule has 0 radical (unpaired) electrons. The first-order valence-electron chi connectivity index (χ1n) is 4.48. The molecule has 1 aromatic rings. The van der Waals surface area contributed by atoms with Crippen LogP contribution in [0.5, 0.6) is 0 Å². The van der Waals surface area contributed by atoms with Crippen LogP contribution in [0.25, 0.3) is 0 Å². The van der Waals surface area contributed by atoms with Crippen LogP contribution in [-0.4, -0.2) is 6.54 Å². The number of benzene rings is 1. The molecule has 0 heterocycles. The van der Waals surface area contributed by atoms with E-state index in [9.17, 15) is 13.2 Å². The van der Waals surface area contributed by atoms with E-state index in [0.717, 1.165) is 12.1 Å². The second kappa shape index (κ2) is 5.26. The van der Waals surface area contributed by atoms with E-state index in [1.54, 1.807) is 6.07 Å². The van der Waals surface area contributed by atoms with Crippen LogP contribution in [-0.2, 0) is 6.18 Å². The molecule has 0 aliphatic rings. The van der Waals surface area contributed by atoms with Crippen LogP contribution >= 0.6 is 15.9 Å². The van der Waals surface area contributed by atoms with Crippen LogP contribution in [0.15, 0.2) is 22.7 Å². The lowest BCUT2D eigenvalue weighted by molar-refractivity contribution is -0.137. The summed E-state index contributed by atoms with van der Waals surface area (Å²) >= 11 is 3.03. The Morgan fingerprint density at radius 3 is 2.56 bits per heavy atom. The average molecular weight is 292 g/mol. The van der Waals surface area contributed by atoms with Crippen molar-refractivity contribution in [3.63, 3.8) is 0 Å². The highest BCUT2D eigenvalue weighted by Crippen LogP contribution is 2.33. The molecule has 0 atom stereocenters. The highest BCUT2D eigenvalue weighted by atomic mass is 79.9. The molecule has 1 nitrogen and oxygen atoms in total. The summed E-state index contributed by atoms with van der Waals surface area (Å²) in [5.41, 5.74) is -0.290. The Labute approximate surface area is 100 Å². The number of halogens is 4. The number of hydrogen-bond donors (Lipinski definition) is 1. The van der Waals surface area contributed by atoms with E-state index in [4.69, 9.17) is 6.42 Å². The number of alkyl halides is 3. The van der Waals surface area contributed by atoms with Crippen LogP contribution in [0.4, 0.5) is 18.9 Å². The Balaban J connectivity index is 2.87. The molecule has 1 rings (SSSR count). The lowest BCUT2D eigenvalue weighted by atomic mass is 10.2. The van der Waals surface area contributed by atoms with Crippen molar-refractivity contribution in [1.29, 1.82) is 0 Å². The lowest BCUT2D eigenvalue weighted by Crippen LogP contribution is -2.07. The number of nitrogens with one attached hydrogen (secondary N) is 1. The molecule has 0 aromatic heterocycles. The van der Waals surface area contributed by atoms with Crippen molar-refractivity contribution >= 4 is 21.6 Å². The second-order valence-electron chi connectivity index (χ2n) is 3.11. The summed E-state index contributed by atoms with van der Waals surface area (Å²) in [4.78, 5) is 0. The first-order chi connectivity index (χ1) is 7.43. The van der Waals surface area contributed by atoms with Gasteiger partial charge in [-0.2, -0.15) is 13.2 Å². The second-order valence-corrected chi connectivity index (χ2v) is 4.02. The quantitative estimate of drug-likeness (QED) is 0.658. The number of terminal acetylenes is 1. The third-order valence-electron chi connectivity index (χ3n) is 1.82.